The van der Waals surface area contributed by atoms with E-state index in [1.165, 1.54) is 0 Å². The van der Waals surface area contributed by atoms with Gasteiger partial charge in [0.25, 0.3) is 0 Å². The summed E-state index contributed by atoms with van der Waals surface area (Å²) in [6.07, 6.45) is 0. The van der Waals surface area contributed by atoms with Crippen molar-refractivity contribution in [2.45, 2.75) is 0 Å². The summed E-state index contributed by atoms with van der Waals surface area (Å²) in [5, 5.41) is 23.8. The third kappa shape index (κ3) is 3.41. The maximum atomic E-state index is 8.87. The van der Waals surface area contributed by atoms with E-state index in [1.807, 2.05) is 6.07 Å². The zero-order valence-corrected chi connectivity index (χ0v) is 10.7. The monoisotopic (exact) mass is 256 g/mol. The van der Waals surface area contributed by atoms with Crippen molar-refractivity contribution >= 4 is 11.4 Å². The van der Waals surface area contributed by atoms with Gasteiger partial charge in [0.15, 0.2) is 5.75 Å². The number of hydrogen-bond acceptors (Lipinski definition) is 6. The van der Waals surface area contributed by atoms with Crippen molar-refractivity contribution in [1.29, 1.82) is 0 Å². The Balaban J connectivity index is 3.06. The fourth-order valence-electron chi connectivity index (χ4n) is 1.62. The Labute approximate surface area is 107 Å². The number of aliphatic hydroxyl groups excluding tert-OH is 2. The van der Waals surface area contributed by atoms with Gasteiger partial charge in [0.1, 0.15) is 11.4 Å². The molecule has 0 aliphatic heterocycles. The van der Waals surface area contributed by atoms with Gasteiger partial charge in [-0.3, -0.25) is 0 Å². The zero-order chi connectivity index (χ0) is 13.4. The molecule has 6 heteroatoms. The molecule has 0 saturated heterocycles. The van der Waals surface area contributed by atoms with Crippen molar-refractivity contribution in [3.63, 3.8) is 0 Å². The summed E-state index contributed by atoms with van der Waals surface area (Å²) in [5.41, 5.74) is 1.43. The van der Waals surface area contributed by atoms with Gasteiger partial charge in [-0.1, -0.05) is 0 Å². The summed E-state index contributed by atoms with van der Waals surface area (Å²) in [4.78, 5) is 0. The van der Waals surface area contributed by atoms with Crippen LogP contribution in [-0.4, -0.2) is 50.7 Å². The van der Waals surface area contributed by atoms with Gasteiger partial charge in [0, 0.05) is 13.1 Å². The topological polar surface area (TPSA) is 83.0 Å². The largest absolute Gasteiger partial charge is 0.494 e. The molecule has 0 saturated carbocycles. The van der Waals surface area contributed by atoms with E-state index in [4.69, 9.17) is 19.7 Å². The van der Waals surface area contributed by atoms with Crippen LogP contribution in [0.2, 0.25) is 0 Å². The second-order valence-corrected chi connectivity index (χ2v) is 3.52. The Kier molecular flexibility index (Phi) is 6.10. The Morgan fingerprint density at radius 1 is 1.00 bits per heavy atom. The summed E-state index contributed by atoms with van der Waals surface area (Å²) in [6.45, 7) is 0.882. The molecule has 0 heterocycles. The first-order valence-corrected chi connectivity index (χ1v) is 5.72. The van der Waals surface area contributed by atoms with E-state index in [-0.39, 0.29) is 13.2 Å². The maximum absolute atomic E-state index is 8.87. The lowest BCUT2D eigenvalue weighted by atomic mass is 10.2. The lowest BCUT2D eigenvalue weighted by Gasteiger charge is -2.18. The van der Waals surface area contributed by atoms with Crippen LogP contribution in [0.15, 0.2) is 12.1 Å². The van der Waals surface area contributed by atoms with E-state index < -0.39 is 0 Å². The van der Waals surface area contributed by atoms with Crippen LogP contribution in [0.5, 0.6) is 11.5 Å². The maximum Gasteiger partial charge on any atom is 0.168 e. The van der Waals surface area contributed by atoms with E-state index in [1.54, 1.807) is 20.3 Å². The van der Waals surface area contributed by atoms with Gasteiger partial charge in [-0.15, -0.1) is 0 Å². The second-order valence-electron chi connectivity index (χ2n) is 3.52. The molecule has 0 aliphatic carbocycles. The Morgan fingerprint density at radius 3 is 2.22 bits per heavy atom. The molecule has 6 nitrogen and oxygen atoms in total. The predicted octanol–water partition coefficient (Wildman–Crippen LogP) is 0.512. The van der Waals surface area contributed by atoms with E-state index in [2.05, 4.69) is 10.6 Å². The molecule has 0 radical (unpaired) electrons. The highest BCUT2D eigenvalue weighted by atomic mass is 16.5. The number of anilines is 2. The van der Waals surface area contributed by atoms with E-state index >= 15 is 0 Å². The minimum atomic E-state index is 0.0145. The molecule has 1 aromatic rings. The van der Waals surface area contributed by atoms with Gasteiger partial charge in [-0.25, -0.2) is 0 Å². The Bertz CT molecular complexity index is 371. The van der Waals surface area contributed by atoms with E-state index in [0.717, 1.165) is 5.69 Å². The highest BCUT2D eigenvalue weighted by molar-refractivity contribution is 5.77. The normalized spacial score (nSPS) is 10.0. The SMILES string of the molecule is COc1ccc(NCCO)c(OC)c1NCCO. The van der Waals surface area contributed by atoms with Gasteiger partial charge in [-0.05, 0) is 12.1 Å². The quantitative estimate of drug-likeness (QED) is 0.542. The minimum absolute atomic E-state index is 0.0145. The molecule has 0 aliphatic rings. The first kappa shape index (κ1) is 14.4. The van der Waals surface area contributed by atoms with Crippen molar-refractivity contribution in [3.05, 3.63) is 12.1 Å². The van der Waals surface area contributed by atoms with Crippen molar-refractivity contribution in [2.24, 2.45) is 0 Å². The summed E-state index contributed by atoms with van der Waals surface area (Å²) in [5.74, 6) is 1.23. The summed E-state index contributed by atoms with van der Waals surface area (Å²) in [6, 6.07) is 3.61. The molecule has 1 aromatic carbocycles. The van der Waals surface area contributed by atoms with Gasteiger partial charge in [0.05, 0.1) is 33.1 Å². The Morgan fingerprint density at radius 2 is 1.67 bits per heavy atom. The number of methoxy groups -OCH3 is 2. The van der Waals surface area contributed by atoms with Gasteiger partial charge >= 0.3 is 0 Å². The average molecular weight is 256 g/mol. The molecular weight excluding hydrogens is 236 g/mol. The molecule has 0 fully saturated rings. The van der Waals surface area contributed by atoms with Gasteiger partial charge in [-0.2, -0.15) is 0 Å². The Hall–Kier alpha value is -1.66. The number of rotatable bonds is 8. The number of aliphatic hydroxyl groups is 2. The van der Waals surface area contributed by atoms with Gasteiger partial charge in [0.2, 0.25) is 0 Å². The van der Waals surface area contributed by atoms with Crippen LogP contribution in [0, 0.1) is 0 Å². The van der Waals surface area contributed by atoms with Crippen LogP contribution in [0.25, 0.3) is 0 Å². The molecule has 0 bridgehead atoms. The first-order chi connectivity index (χ1) is 8.78. The number of nitrogens with one attached hydrogen (secondary N) is 2. The summed E-state index contributed by atoms with van der Waals surface area (Å²) >= 11 is 0. The molecule has 0 unspecified atom stereocenters. The third-order valence-corrected chi connectivity index (χ3v) is 2.38. The van der Waals surface area contributed by atoms with Crippen LogP contribution in [0.4, 0.5) is 11.4 Å². The highest BCUT2D eigenvalue weighted by Gasteiger charge is 2.14. The molecule has 0 spiro atoms. The number of benzene rings is 1. The van der Waals surface area contributed by atoms with E-state index in [9.17, 15) is 0 Å². The van der Waals surface area contributed by atoms with Crippen LogP contribution in [0.3, 0.4) is 0 Å². The molecule has 4 N–H and O–H groups in total. The number of ether oxygens (including phenoxy) is 2. The summed E-state index contributed by atoms with van der Waals surface area (Å²) < 4.78 is 10.6. The minimum Gasteiger partial charge on any atom is -0.494 e. The van der Waals surface area contributed by atoms with Crippen molar-refractivity contribution in [2.75, 3.05) is 51.2 Å². The fourth-order valence-corrected chi connectivity index (χ4v) is 1.62. The molecule has 0 aromatic heterocycles. The lowest BCUT2D eigenvalue weighted by molar-refractivity contribution is 0.310. The van der Waals surface area contributed by atoms with Crippen LogP contribution in [0.1, 0.15) is 0 Å². The predicted molar refractivity (Wildman–Crippen MR) is 70.7 cm³/mol. The molecule has 102 valence electrons. The lowest BCUT2D eigenvalue weighted by Crippen LogP contribution is -2.11. The molecule has 0 atom stereocenters. The van der Waals surface area contributed by atoms with Crippen LogP contribution < -0.4 is 20.1 Å². The molecule has 0 amide bonds. The average Bonchev–Trinajstić information content (AvgIpc) is 2.42. The highest BCUT2D eigenvalue weighted by Crippen LogP contribution is 2.40. The van der Waals surface area contributed by atoms with Gasteiger partial charge < -0.3 is 30.3 Å². The first-order valence-electron chi connectivity index (χ1n) is 5.72. The van der Waals surface area contributed by atoms with Crippen LogP contribution in [-0.2, 0) is 0 Å². The number of hydrogen-bond donors (Lipinski definition) is 4. The molecular formula is C12H20N2O4. The molecule has 1 rings (SSSR count). The van der Waals surface area contributed by atoms with Crippen molar-refractivity contribution < 1.29 is 19.7 Å². The molecule has 18 heavy (non-hydrogen) atoms. The third-order valence-electron chi connectivity index (χ3n) is 2.38. The fraction of sp³-hybridized carbons (Fsp3) is 0.500. The smallest absolute Gasteiger partial charge is 0.168 e. The van der Waals surface area contributed by atoms with E-state index in [0.29, 0.717) is 30.3 Å². The standard InChI is InChI=1S/C12H20N2O4/c1-17-10-4-3-9(13-5-7-15)12(18-2)11(10)14-6-8-16/h3-4,13-16H,5-8H2,1-2H3. The van der Waals surface area contributed by atoms with Crippen LogP contribution >= 0.6 is 0 Å². The summed E-state index contributed by atoms with van der Waals surface area (Å²) in [7, 11) is 3.13. The van der Waals surface area contributed by atoms with Crippen molar-refractivity contribution in [1.82, 2.24) is 0 Å². The van der Waals surface area contributed by atoms with Crippen molar-refractivity contribution in [3.8, 4) is 11.5 Å². The second kappa shape index (κ2) is 7.62. The zero-order valence-electron chi connectivity index (χ0n) is 10.7.